The van der Waals surface area contributed by atoms with E-state index in [0.29, 0.717) is 29.5 Å². The topological polar surface area (TPSA) is 37.3 Å². The van der Waals surface area contributed by atoms with Crippen LogP contribution in [0.2, 0.25) is 0 Å². The van der Waals surface area contributed by atoms with Gasteiger partial charge in [0.25, 0.3) is 0 Å². The summed E-state index contributed by atoms with van der Waals surface area (Å²) in [7, 11) is 0. The summed E-state index contributed by atoms with van der Waals surface area (Å²) in [5.74, 6) is -1.26. The number of hydrogen-bond acceptors (Lipinski definition) is 1. The normalized spacial score (nSPS) is 18.0. The van der Waals surface area contributed by atoms with Crippen LogP contribution in [-0.4, -0.2) is 11.1 Å². The van der Waals surface area contributed by atoms with Gasteiger partial charge >= 0.3 is 5.97 Å². The Morgan fingerprint density at radius 2 is 1.94 bits per heavy atom. The molecule has 1 aromatic carbocycles. The maximum atomic E-state index is 14.4. The number of carbonyl (C=O) groups is 1. The summed E-state index contributed by atoms with van der Waals surface area (Å²) in [4.78, 5) is 11.7. The Morgan fingerprint density at radius 3 is 2.44 bits per heavy atom. The minimum Gasteiger partial charge on any atom is -0.481 e. The van der Waals surface area contributed by atoms with Crippen molar-refractivity contribution < 1.29 is 14.3 Å². The van der Waals surface area contributed by atoms with Gasteiger partial charge in [0.05, 0.1) is 5.41 Å². The summed E-state index contributed by atoms with van der Waals surface area (Å²) >= 11 is 3.39. The van der Waals surface area contributed by atoms with E-state index in [2.05, 4.69) is 15.9 Å². The summed E-state index contributed by atoms with van der Waals surface area (Å²) in [5, 5.41) is 9.57. The van der Waals surface area contributed by atoms with Gasteiger partial charge in [0.1, 0.15) is 5.82 Å². The molecule has 0 amide bonds. The van der Waals surface area contributed by atoms with Gasteiger partial charge in [-0.1, -0.05) is 28.8 Å². The Balaban J connectivity index is 2.73. The van der Waals surface area contributed by atoms with E-state index in [1.807, 2.05) is 0 Å². The lowest BCUT2D eigenvalue weighted by molar-refractivity contribution is -0.143. The zero-order valence-corrected chi connectivity index (χ0v) is 12.1. The molecule has 98 valence electrons. The molecule has 1 N–H and O–H groups in total. The fourth-order valence-electron chi connectivity index (χ4n) is 2.96. The number of rotatable bonds is 2. The molecule has 0 unspecified atom stereocenters. The Kier molecular flexibility index (Phi) is 3.49. The van der Waals surface area contributed by atoms with E-state index < -0.39 is 11.4 Å². The Hall–Kier alpha value is -0.900. The minimum absolute atomic E-state index is 0.361. The molecule has 0 bridgehead atoms. The fraction of sp³-hybridized carbons (Fsp3) is 0.500. The number of halogens is 2. The average molecular weight is 315 g/mol. The van der Waals surface area contributed by atoms with Gasteiger partial charge in [-0.15, -0.1) is 0 Å². The Bertz CT molecular complexity index is 479. The fourth-order valence-corrected chi connectivity index (χ4v) is 3.50. The molecule has 2 nitrogen and oxygen atoms in total. The predicted molar refractivity (Wildman–Crippen MR) is 71.4 cm³/mol. The van der Waals surface area contributed by atoms with Gasteiger partial charge in [-0.2, -0.15) is 0 Å². The standard InChI is InChI=1S/C14H16BrFO2/c1-8-7-10(15)9(2)11(12(8)16)14(13(17)18)5-3-4-6-14/h7H,3-6H2,1-2H3,(H,17,18). The van der Waals surface area contributed by atoms with E-state index in [-0.39, 0.29) is 5.82 Å². The third kappa shape index (κ3) is 1.87. The largest absolute Gasteiger partial charge is 0.481 e. The van der Waals surface area contributed by atoms with Gasteiger partial charge in [0, 0.05) is 10.0 Å². The van der Waals surface area contributed by atoms with Crippen LogP contribution in [0.5, 0.6) is 0 Å². The minimum atomic E-state index is -1.04. The van der Waals surface area contributed by atoms with E-state index in [1.165, 1.54) is 0 Å². The second-order valence-corrected chi connectivity index (χ2v) is 5.94. The highest BCUT2D eigenvalue weighted by Gasteiger charge is 2.46. The second kappa shape index (κ2) is 4.65. The summed E-state index contributed by atoms with van der Waals surface area (Å²) in [6, 6.07) is 1.71. The van der Waals surface area contributed by atoms with Crippen molar-refractivity contribution in [3.05, 3.63) is 33.0 Å². The molecular weight excluding hydrogens is 299 g/mol. The van der Waals surface area contributed by atoms with Gasteiger partial charge < -0.3 is 5.11 Å². The smallest absolute Gasteiger partial charge is 0.314 e. The van der Waals surface area contributed by atoms with Crippen molar-refractivity contribution in [3.63, 3.8) is 0 Å². The molecule has 4 heteroatoms. The lowest BCUT2D eigenvalue weighted by Crippen LogP contribution is -2.35. The zero-order chi connectivity index (χ0) is 13.5. The molecule has 1 aromatic rings. The zero-order valence-electron chi connectivity index (χ0n) is 10.5. The van der Waals surface area contributed by atoms with Crippen molar-refractivity contribution >= 4 is 21.9 Å². The van der Waals surface area contributed by atoms with Gasteiger partial charge in [-0.25, -0.2) is 4.39 Å². The molecule has 0 aromatic heterocycles. The summed E-state index contributed by atoms with van der Waals surface area (Å²) in [6.45, 7) is 3.46. The number of hydrogen-bond donors (Lipinski definition) is 1. The number of aliphatic carboxylic acids is 1. The molecule has 1 aliphatic carbocycles. The van der Waals surface area contributed by atoms with E-state index in [0.717, 1.165) is 17.3 Å². The van der Waals surface area contributed by atoms with E-state index >= 15 is 0 Å². The van der Waals surface area contributed by atoms with Gasteiger partial charge in [-0.3, -0.25) is 4.79 Å². The first-order valence-corrected chi connectivity index (χ1v) is 6.88. The molecule has 1 fully saturated rings. The number of carboxylic acid groups (broad SMARTS) is 1. The van der Waals surface area contributed by atoms with Crippen molar-refractivity contribution in [2.75, 3.05) is 0 Å². The number of aryl methyl sites for hydroxylation is 1. The van der Waals surface area contributed by atoms with Crippen LogP contribution in [0.4, 0.5) is 4.39 Å². The quantitative estimate of drug-likeness (QED) is 0.892. The van der Waals surface area contributed by atoms with E-state index in [9.17, 15) is 14.3 Å². The first kappa shape index (κ1) is 13.5. The van der Waals surface area contributed by atoms with Crippen LogP contribution in [0, 0.1) is 19.7 Å². The third-order valence-corrected chi connectivity index (χ3v) is 4.81. The van der Waals surface area contributed by atoms with Crippen molar-refractivity contribution in [2.45, 2.75) is 44.9 Å². The Morgan fingerprint density at radius 1 is 1.39 bits per heavy atom. The van der Waals surface area contributed by atoms with Crippen LogP contribution < -0.4 is 0 Å². The molecule has 1 aliphatic rings. The lowest BCUT2D eigenvalue weighted by atomic mass is 9.76. The Labute approximate surface area is 114 Å². The van der Waals surface area contributed by atoms with Crippen LogP contribution in [0.1, 0.15) is 42.4 Å². The molecule has 0 atom stereocenters. The van der Waals surface area contributed by atoms with Crippen LogP contribution >= 0.6 is 15.9 Å². The van der Waals surface area contributed by atoms with Crippen molar-refractivity contribution in [1.29, 1.82) is 0 Å². The van der Waals surface area contributed by atoms with Crippen molar-refractivity contribution in [3.8, 4) is 0 Å². The number of benzene rings is 1. The first-order chi connectivity index (χ1) is 8.40. The lowest BCUT2D eigenvalue weighted by Gasteiger charge is -2.28. The SMILES string of the molecule is Cc1cc(Br)c(C)c(C2(C(=O)O)CCCC2)c1F. The maximum Gasteiger partial charge on any atom is 0.314 e. The summed E-state index contributed by atoms with van der Waals surface area (Å²) in [6.07, 6.45) is 2.74. The van der Waals surface area contributed by atoms with Crippen LogP contribution in [0.25, 0.3) is 0 Å². The molecule has 1 saturated carbocycles. The van der Waals surface area contributed by atoms with Gasteiger partial charge in [0.15, 0.2) is 0 Å². The van der Waals surface area contributed by atoms with Crippen LogP contribution in [-0.2, 0) is 10.2 Å². The molecule has 2 rings (SSSR count). The highest BCUT2D eigenvalue weighted by Crippen LogP contribution is 2.45. The molecule has 18 heavy (non-hydrogen) atoms. The first-order valence-electron chi connectivity index (χ1n) is 6.09. The molecule has 0 heterocycles. The van der Waals surface area contributed by atoms with Crippen molar-refractivity contribution in [1.82, 2.24) is 0 Å². The number of carboxylic acids is 1. The highest BCUT2D eigenvalue weighted by atomic mass is 79.9. The van der Waals surface area contributed by atoms with Crippen molar-refractivity contribution in [2.24, 2.45) is 0 Å². The third-order valence-electron chi connectivity index (χ3n) is 3.99. The molecule has 0 radical (unpaired) electrons. The molecule has 0 spiro atoms. The highest BCUT2D eigenvalue weighted by molar-refractivity contribution is 9.10. The molecule has 0 aliphatic heterocycles. The summed E-state index contributed by atoms with van der Waals surface area (Å²) < 4.78 is 15.2. The predicted octanol–water partition coefficient (Wildman–Crippen LogP) is 4.10. The van der Waals surface area contributed by atoms with Gasteiger partial charge in [0.2, 0.25) is 0 Å². The van der Waals surface area contributed by atoms with E-state index in [1.54, 1.807) is 19.9 Å². The second-order valence-electron chi connectivity index (χ2n) is 5.08. The molecule has 0 saturated heterocycles. The van der Waals surface area contributed by atoms with Crippen LogP contribution in [0.15, 0.2) is 10.5 Å². The van der Waals surface area contributed by atoms with Crippen LogP contribution in [0.3, 0.4) is 0 Å². The van der Waals surface area contributed by atoms with Gasteiger partial charge in [-0.05, 0) is 43.9 Å². The summed E-state index contributed by atoms with van der Waals surface area (Å²) in [5.41, 5.74) is 0.541. The molecular formula is C14H16BrFO2. The van der Waals surface area contributed by atoms with E-state index in [4.69, 9.17) is 0 Å². The average Bonchev–Trinajstić information content (AvgIpc) is 2.77. The monoisotopic (exact) mass is 314 g/mol. The maximum absolute atomic E-state index is 14.4.